The van der Waals surface area contributed by atoms with Crippen molar-refractivity contribution in [1.82, 2.24) is 24.4 Å². The number of likely N-dealkylation sites (tertiary alicyclic amines) is 2. The molecule has 0 atom stereocenters. The van der Waals surface area contributed by atoms with E-state index in [-0.39, 0.29) is 84.4 Å². The zero-order chi connectivity index (χ0) is 45.8. The molecule has 4 aromatic rings. The number of aryl methyl sites for hydroxylation is 1. The zero-order valence-corrected chi connectivity index (χ0v) is 37.4. The van der Waals surface area contributed by atoms with Gasteiger partial charge >= 0.3 is 6.03 Å². The van der Waals surface area contributed by atoms with Crippen LogP contribution in [0.4, 0.5) is 20.6 Å². The van der Waals surface area contributed by atoms with Crippen LogP contribution < -0.4 is 20.3 Å². The average molecular weight is 912 g/mol. The summed E-state index contributed by atoms with van der Waals surface area (Å²) in [6.45, 7) is 8.27. The van der Waals surface area contributed by atoms with Crippen LogP contribution in [0.2, 0.25) is 0 Å². The molecule has 8 rings (SSSR count). The number of urea groups is 1. The molecule has 344 valence electrons. The molecule has 65 heavy (non-hydrogen) atoms. The van der Waals surface area contributed by atoms with Crippen LogP contribution in [-0.4, -0.2) is 129 Å². The van der Waals surface area contributed by atoms with Gasteiger partial charge < -0.3 is 29.6 Å². The number of morpholine rings is 1. The minimum Gasteiger partial charge on any atom is -0.491 e. The molecule has 0 radical (unpaired) electrons. The Labute approximate surface area is 377 Å². The highest BCUT2D eigenvalue weighted by Gasteiger charge is 2.32. The summed E-state index contributed by atoms with van der Waals surface area (Å²) in [6.07, 6.45) is 3.41. The van der Waals surface area contributed by atoms with E-state index in [1.54, 1.807) is 17.9 Å². The van der Waals surface area contributed by atoms with Crippen LogP contribution in [0.3, 0.4) is 0 Å². The number of carbonyl (C=O) groups is 5. The fourth-order valence-electron chi connectivity index (χ4n) is 9.20. The molecule has 0 aliphatic carbocycles. The number of Topliss-reactive ketones (excluding diaryl/α,β-unsaturated/α-hetero) is 1. The van der Waals surface area contributed by atoms with Crippen LogP contribution in [-0.2, 0) is 19.6 Å². The Morgan fingerprint density at radius 2 is 1.58 bits per heavy atom. The second kappa shape index (κ2) is 19.7. The number of amides is 5. The number of benzene rings is 3. The van der Waals surface area contributed by atoms with Crippen LogP contribution in [0, 0.1) is 24.6 Å². The molecule has 4 aliphatic heterocycles. The van der Waals surface area contributed by atoms with Gasteiger partial charge in [0.05, 0.1) is 36.1 Å². The van der Waals surface area contributed by atoms with Crippen molar-refractivity contribution in [3.8, 4) is 16.9 Å². The number of ketones is 1. The third-order valence-corrected chi connectivity index (χ3v) is 14.7. The van der Waals surface area contributed by atoms with Gasteiger partial charge in [0.1, 0.15) is 17.3 Å². The number of imide groups is 1. The van der Waals surface area contributed by atoms with Crippen LogP contribution in [0.25, 0.3) is 11.1 Å². The van der Waals surface area contributed by atoms with E-state index >= 15 is 0 Å². The first-order valence-electron chi connectivity index (χ1n) is 22.1. The second-order valence-electron chi connectivity index (χ2n) is 17.1. The van der Waals surface area contributed by atoms with Crippen molar-refractivity contribution >= 4 is 50.9 Å². The molecule has 18 heteroatoms. The lowest BCUT2D eigenvalue weighted by Gasteiger charge is -2.37. The van der Waals surface area contributed by atoms with Crippen LogP contribution in [0.15, 0.2) is 71.6 Å². The van der Waals surface area contributed by atoms with Gasteiger partial charge in [-0.2, -0.15) is 4.31 Å². The average Bonchev–Trinajstić information content (AvgIpc) is 3.67. The number of sulfonamides is 1. The molecule has 0 bridgehead atoms. The fourth-order valence-corrected chi connectivity index (χ4v) is 10.6. The molecule has 5 heterocycles. The van der Waals surface area contributed by atoms with Crippen molar-refractivity contribution < 1.29 is 46.3 Å². The van der Waals surface area contributed by atoms with Crippen LogP contribution in [0.1, 0.15) is 75.9 Å². The van der Waals surface area contributed by atoms with E-state index < -0.39 is 33.7 Å². The summed E-state index contributed by atoms with van der Waals surface area (Å²) < 4.78 is 55.4. The maximum atomic E-state index is 14.8. The number of hydrogen-bond donors (Lipinski definition) is 3. The molecule has 0 spiro atoms. The van der Waals surface area contributed by atoms with Crippen LogP contribution >= 0.6 is 0 Å². The van der Waals surface area contributed by atoms with E-state index in [2.05, 4.69) is 20.5 Å². The van der Waals surface area contributed by atoms with Crippen molar-refractivity contribution in [2.75, 3.05) is 82.4 Å². The van der Waals surface area contributed by atoms with Gasteiger partial charge in [-0.05, 0) is 106 Å². The zero-order valence-electron chi connectivity index (χ0n) is 36.6. The highest BCUT2D eigenvalue weighted by molar-refractivity contribution is 7.89. The Morgan fingerprint density at radius 3 is 2.28 bits per heavy atom. The molecule has 4 saturated heterocycles. The van der Waals surface area contributed by atoms with Gasteiger partial charge in [0.25, 0.3) is 11.8 Å². The molecule has 0 saturated carbocycles. The number of H-pyrrole nitrogens is 1. The number of nitrogens with one attached hydrogen (secondary N) is 3. The number of rotatable bonds is 13. The number of aromatic nitrogens is 1. The Bertz CT molecular complexity index is 2560. The van der Waals surface area contributed by atoms with Gasteiger partial charge in [0.15, 0.2) is 5.78 Å². The molecule has 4 fully saturated rings. The summed E-state index contributed by atoms with van der Waals surface area (Å²) in [5, 5.41) is 5.12. The molecule has 4 aliphatic rings. The van der Waals surface area contributed by atoms with E-state index in [1.165, 1.54) is 41.6 Å². The fraction of sp³-hybridized carbons (Fsp3) is 0.426. The third-order valence-electron chi connectivity index (χ3n) is 12.8. The Morgan fingerprint density at radius 1 is 0.877 bits per heavy atom. The SMILES string of the molecule is CC(=O)c1c(C)[nH]c(C(=O)Nc2cc(S(=O)(=O)N3CCOCC3)ccc2OCC2CCN(CC3CCN(C(=O)c4ccc(F)c(N5CCC(=O)NC5=O)c4)CC3)CC2)c1-c1ccccc1. The van der Waals surface area contributed by atoms with Crippen molar-refractivity contribution in [3.05, 3.63) is 95.1 Å². The van der Waals surface area contributed by atoms with Crippen molar-refractivity contribution in [2.45, 2.75) is 50.8 Å². The lowest BCUT2D eigenvalue weighted by molar-refractivity contribution is -0.120. The number of aromatic amines is 1. The van der Waals surface area contributed by atoms with Gasteiger partial charge in [-0.1, -0.05) is 30.3 Å². The van der Waals surface area contributed by atoms with Gasteiger partial charge in [-0.3, -0.25) is 29.4 Å². The number of hydrogen-bond acceptors (Lipinski definition) is 10. The largest absolute Gasteiger partial charge is 0.491 e. The van der Waals surface area contributed by atoms with Gasteiger partial charge in [-0.25, -0.2) is 17.6 Å². The number of carbonyl (C=O) groups excluding carboxylic acids is 5. The molecular formula is C47H54FN7O9S. The molecule has 5 amide bonds. The van der Waals surface area contributed by atoms with Gasteiger partial charge in [0, 0.05) is 68.1 Å². The summed E-state index contributed by atoms with van der Waals surface area (Å²) in [4.78, 5) is 72.9. The number of anilines is 2. The Balaban J connectivity index is 0.887. The predicted molar refractivity (Wildman–Crippen MR) is 240 cm³/mol. The topological polar surface area (TPSA) is 191 Å². The van der Waals surface area contributed by atoms with Crippen LogP contribution in [0.5, 0.6) is 5.75 Å². The third kappa shape index (κ3) is 10.1. The predicted octanol–water partition coefficient (Wildman–Crippen LogP) is 5.69. The van der Waals surface area contributed by atoms with E-state index in [9.17, 15) is 36.8 Å². The molecule has 3 aromatic carbocycles. The lowest BCUT2D eigenvalue weighted by atomic mass is 9.93. The summed E-state index contributed by atoms with van der Waals surface area (Å²) in [5.41, 5.74) is 2.70. The molecule has 3 N–H and O–H groups in total. The van der Waals surface area contributed by atoms with E-state index in [0.29, 0.717) is 53.7 Å². The Kier molecular flexibility index (Phi) is 13.8. The highest BCUT2D eigenvalue weighted by atomic mass is 32.2. The minimum atomic E-state index is -3.92. The maximum Gasteiger partial charge on any atom is 0.328 e. The smallest absolute Gasteiger partial charge is 0.328 e. The first-order valence-corrected chi connectivity index (χ1v) is 23.6. The highest BCUT2D eigenvalue weighted by Crippen LogP contribution is 2.35. The normalized spacial score (nSPS) is 18.4. The summed E-state index contributed by atoms with van der Waals surface area (Å²) in [7, 11) is -3.92. The summed E-state index contributed by atoms with van der Waals surface area (Å²) in [5.74, 6) is -1.13. The number of ether oxygens (including phenoxy) is 2. The minimum absolute atomic E-state index is 0.00787. The maximum absolute atomic E-state index is 14.8. The first-order chi connectivity index (χ1) is 31.3. The molecule has 1 aromatic heterocycles. The number of nitrogens with zero attached hydrogens (tertiary/aromatic N) is 4. The number of halogens is 1. The first kappa shape index (κ1) is 45.6. The second-order valence-corrected chi connectivity index (χ2v) is 19.1. The number of piperidine rings is 2. The van der Waals surface area contributed by atoms with E-state index in [0.717, 1.165) is 50.2 Å². The van der Waals surface area contributed by atoms with E-state index in [4.69, 9.17) is 9.47 Å². The summed E-state index contributed by atoms with van der Waals surface area (Å²) >= 11 is 0. The van der Waals surface area contributed by atoms with E-state index in [1.807, 2.05) is 30.3 Å². The monoisotopic (exact) mass is 911 g/mol. The van der Waals surface area contributed by atoms with Gasteiger partial charge in [-0.15, -0.1) is 0 Å². The quantitative estimate of drug-likeness (QED) is 0.141. The summed E-state index contributed by atoms with van der Waals surface area (Å²) in [6, 6.07) is 16.9. The van der Waals surface area contributed by atoms with Crippen molar-refractivity contribution in [2.24, 2.45) is 11.8 Å². The molecule has 16 nitrogen and oxygen atoms in total. The lowest BCUT2D eigenvalue weighted by Crippen LogP contribution is -2.50. The molecular weight excluding hydrogens is 858 g/mol. The Hall–Kier alpha value is -5.95. The molecule has 0 unspecified atom stereocenters. The van der Waals surface area contributed by atoms with Crippen molar-refractivity contribution in [1.29, 1.82) is 0 Å². The van der Waals surface area contributed by atoms with Crippen molar-refractivity contribution in [3.63, 3.8) is 0 Å². The van der Waals surface area contributed by atoms with Gasteiger partial charge in [0.2, 0.25) is 15.9 Å². The standard InChI is InChI=1S/C47H54FN7O9S/c1-30-42(31(2)56)43(34-6-4-3-5-7-34)44(49-30)45(58)50-38-27-36(65(61,62)54-22-24-63-25-23-54)9-11-40(38)64-29-33-12-17-52(18-13-33)28-32-14-19-53(20-15-32)46(59)35-8-10-37(48)39(26-35)55-21-16-41(57)51-47(55)60/h3-11,26-27,32-33,49H,12-25,28-29H2,1-2H3,(H,50,58)(H,51,57,60).